The van der Waals surface area contributed by atoms with E-state index in [1.807, 2.05) is 7.05 Å². The molecule has 0 bridgehead atoms. The maximum atomic E-state index is 11.2. The molecule has 2 atom stereocenters. The normalized spacial score (nSPS) is 29.5. The molecule has 0 saturated carbocycles. The van der Waals surface area contributed by atoms with Gasteiger partial charge in [-0.05, 0) is 26.8 Å². The SMILES string of the molecule is CCCO[C@@H]1C[C@@H](C(C)=O)N(C)C1. The van der Waals surface area contributed by atoms with Crippen molar-refractivity contribution in [1.82, 2.24) is 4.90 Å². The smallest absolute Gasteiger partial charge is 0.146 e. The van der Waals surface area contributed by atoms with Gasteiger partial charge in [0.05, 0.1) is 12.1 Å². The van der Waals surface area contributed by atoms with Crippen molar-refractivity contribution >= 4 is 5.78 Å². The molecule has 0 aromatic heterocycles. The minimum atomic E-state index is 0.0851. The van der Waals surface area contributed by atoms with Gasteiger partial charge in [-0.1, -0.05) is 6.92 Å². The van der Waals surface area contributed by atoms with Gasteiger partial charge < -0.3 is 4.74 Å². The van der Waals surface area contributed by atoms with Crippen molar-refractivity contribution < 1.29 is 9.53 Å². The number of Topliss-reactive ketones (excluding diaryl/α,β-unsaturated/α-hetero) is 1. The van der Waals surface area contributed by atoms with Crippen LogP contribution in [0.1, 0.15) is 26.7 Å². The highest BCUT2D eigenvalue weighted by Crippen LogP contribution is 2.19. The molecular weight excluding hydrogens is 166 g/mol. The third-order valence-corrected chi connectivity index (χ3v) is 2.54. The first kappa shape index (κ1) is 10.7. The van der Waals surface area contributed by atoms with Gasteiger partial charge in [0.1, 0.15) is 5.78 Å². The number of carbonyl (C=O) groups excluding carboxylic acids is 1. The molecule has 0 amide bonds. The molecule has 1 heterocycles. The number of likely N-dealkylation sites (N-methyl/N-ethyl adjacent to an activating group) is 1. The van der Waals surface area contributed by atoms with Crippen molar-refractivity contribution in [3.63, 3.8) is 0 Å². The van der Waals surface area contributed by atoms with Gasteiger partial charge >= 0.3 is 0 Å². The molecular formula is C10H19NO2. The summed E-state index contributed by atoms with van der Waals surface area (Å²) in [4.78, 5) is 13.3. The molecule has 0 spiro atoms. The lowest BCUT2D eigenvalue weighted by molar-refractivity contribution is -0.120. The summed E-state index contributed by atoms with van der Waals surface area (Å²) < 4.78 is 5.61. The van der Waals surface area contributed by atoms with Crippen LogP contribution < -0.4 is 0 Å². The van der Waals surface area contributed by atoms with Crippen LogP contribution >= 0.6 is 0 Å². The molecule has 76 valence electrons. The summed E-state index contributed by atoms with van der Waals surface area (Å²) in [5.74, 6) is 0.255. The maximum Gasteiger partial charge on any atom is 0.146 e. The Balaban J connectivity index is 2.36. The molecule has 1 rings (SSSR count). The summed E-state index contributed by atoms with van der Waals surface area (Å²) in [6.07, 6.45) is 2.18. The largest absolute Gasteiger partial charge is 0.377 e. The lowest BCUT2D eigenvalue weighted by atomic mass is 10.1. The molecule has 1 saturated heterocycles. The molecule has 1 aliphatic heterocycles. The van der Waals surface area contributed by atoms with E-state index < -0.39 is 0 Å². The van der Waals surface area contributed by atoms with E-state index in [-0.39, 0.29) is 17.9 Å². The van der Waals surface area contributed by atoms with Gasteiger partial charge in [-0.15, -0.1) is 0 Å². The third-order valence-electron chi connectivity index (χ3n) is 2.54. The standard InChI is InChI=1S/C10H19NO2/c1-4-5-13-9-6-10(8(2)12)11(3)7-9/h9-10H,4-7H2,1-3H3/t9-,10+/m1/s1. The van der Waals surface area contributed by atoms with E-state index in [0.717, 1.165) is 26.0 Å². The second-order valence-corrected chi connectivity index (χ2v) is 3.79. The Hall–Kier alpha value is -0.410. The van der Waals surface area contributed by atoms with E-state index in [4.69, 9.17) is 4.74 Å². The number of ketones is 1. The molecule has 0 aliphatic carbocycles. The highest BCUT2D eigenvalue weighted by molar-refractivity contribution is 5.81. The van der Waals surface area contributed by atoms with Crippen molar-refractivity contribution in [1.29, 1.82) is 0 Å². The summed E-state index contributed by atoms with van der Waals surface area (Å²) in [6, 6.07) is 0.0851. The zero-order valence-corrected chi connectivity index (χ0v) is 8.75. The van der Waals surface area contributed by atoms with Crippen LogP contribution in [0.25, 0.3) is 0 Å². The molecule has 0 N–H and O–H groups in total. The van der Waals surface area contributed by atoms with E-state index in [9.17, 15) is 4.79 Å². The van der Waals surface area contributed by atoms with Gasteiger partial charge in [0, 0.05) is 13.2 Å². The highest BCUT2D eigenvalue weighted by Gasteiger charge is 2.32. The fourth-order valence-electron chi connectivity index (χ4n) is 1.83. The Kier molecular flexibility index (Phi) is 3.88. The number of hydrogen-bond donors (Lipinski definition) is 0. The minimum absolute atomic E-state index is 0.0851. The van der Waals surface area contributed by atoms with Crippen LogP contribution in [0.4, 0.5) is 0 Å². The number of rotatable bonds is 4. The van der Waals surface area contributed by atoms with E-state index in [1.165, 1.54) is 0 Å². The van der Waals surface area contributed by atoms with Gasteiger partial charge in [0.25, 0.3) is 0 Å². The summed E-state index contributed by atoms with van der Waals surface area (Å²) >= 11 is 0. The Morgan fingerprint density at radius 3 is 2.77 bits per heavy atom. The van der Waals surface area contributed by atoms with Crippen LogP contribution in [-0.2, 0) is 9.53 Å². The number of hydrogen-bond acceptors (Lipinski definition) is 3. The van der Waals surface area contributed by atoms with E-state index in [0.29, 0.717) is 0 Å². The van der Waals surface area contributed by atoms with Crippen molar-refractivity contribution in [2.75, 3.05) is 20.2 Å². The number of likely N-dealkylation sites (tertiary alicyclic amines) is 1. The number of nitrogens with zero attached hydrogens (tertiary/aromatic N) is 1. The zero-order chi connectivity index (χ0) is 9.84. The molecule has 3 nitrogen and oxygen atoms in total. The van der Waals surface area contributed by atoms with Crippen molar-refractivity contribution in [2.45, 2.75) is 38.8 Å². The molecule has 3 heteroatoms. The number of carbonyl (C=O) groups is 1. The van der Waals surface area contributed by atoms with Gasteiger partial charge in [0.2, 0.25) is 0 Å². The first-order valence-electron chi connectivity index (χ1n) is 4.97. The van der Waals surface area contributed by atoms with E-state index in [2.05, 4.69) is 11.8 Å². The quantitative estimate of drug-likeness (QED) is 0.656. The van der Waals surface area contributed by atoms with Crippen LogP contribution in [0.3, 0.4) is 0 Å². The van der Waals surface area contributed by atoms with E-state index >= 15 is 0 Å². The average molecular weight is 185 g/mol. The molecule has 0 unspecified atom stereocenters. The van der Waals surface area contributed by atoms with Crippen molar-refractivity contribution in [3.8, 4) is 0 Å². The lowest BCUT2D eigenvalue weighted by Crippen LogP contribution is -2.30. The molecule has 0 aromatic carbocycles. The summed E-state index contributed by atoms with van der Waals surface area (Å²) in [7, 11) is 1.99. The van der Waals surface area contributed by atoms with Crippen molar-refractivity contribution in [3.05, 3.63) is 0 Å². The minimum Gasteiger partial charge on any atom is -0.377 e. The topological polar surface area (TPSA) is 29.5 Å². The third kappa shape index (κ3) is 2.78. The molecule has 1 fully saturated rings. The molecule has 0 radical (unpaired) electrons. The van der Waals surface area contributed by atoms with Crippen LogP contribution in [0.15, 0.2) is 0 Å². The second kappa shape index (κ2) is 4.72. The fraction of sp³-hybridized carbons (Fsp3) is 0.900. The Morgan fingerprint density at radius 2 is 2.31 bits per heavy atom. The summed E-state index contributed by atoms with van der Waals surface area (Å²) in [5, 5.41) is 0. The predicted molar refractivity (Wildman–Crippen MR) is 51.7 cm³/mol. The van der Waals surface area contributed by atoms with Crippen LogP contribution in [0, 0.1) is 0 Å². The Bertz CT molecular complexity index is 182. The van der Waals surface area contributed by atoms with E-state index in [1.54, 1.807) is 6.92 Å². The first-order valence-corrected chi connectivity index (χ1v) is 4.97. The van der Waals surface area contributed by atoms with Gasteiger partial charge in [0.15, 0.2) is 0 Å². The monoisotopic (exact) mass is 185 g/mol. The number of ether oxygens (including phenoxy) is 1. The summed E-state index contributed by atoms with van der Waals surface area (Å²) in [5.41, 5.74) is 0. The Labute approximate surface area is 80.1 Å². The fourth-order valence-corrected chi connectivity index (χ4v) is 1.83. The maximum absolute atomic E-state index is 11.2. The predicted octanol–water partition coefficient (Wildman–Crippen LogP) is 1.07. The van der Waals surface area contributed by atoms with Gasteiger partial charge in [-0.3, -0.25) is 9.69 Å². The molecule has 0 aromatic rings. The second-order valence-electron chi connectivity index (χ2n) is 3.79. The Morgan fingerprint density at radius 1 is 1.62 bits per heavy atom. The highest BCUT2D eigenvalue weighted by atomic mass is 16.5. The van der Waals surface area contributed by atoms with Crippen LogP contribution in [0.2, 0.25) is 0 Å². The lowest BCUT2D eigenvalue weighted by Gasteiger charge is -2.14. The van der Waals surface area contributed by atoms with Crippen LogP contribution in [-0.4, -0.2) is 43.0 Å². The van der Waals surface area contributed by atoms with Gasteiger partial charge in [-0.25, -0.2) is 0 Å². The zero-order valence-electron chi connectivity index (χ0n) is 8.75. The van der Waals surface area contributed by atoms with Crippen LogP contribution in [0.5, 0.6) is 0 Å². The average Bonchev–Trinajstić information content (AvgIpc) is 2.43. The molecule has 1 aliphatic rings. The van der Waals surface area contributed by atoms with Gasteiger partial charge in [-0.2, -0.15) is 0 Å². The first-order chi connectivity index (χ1) is 6.15. The molecule has 13 heavy (non-hydrogen) atoms. The summed E-state index contributed by atoms with van der Waals surface area (Å²) in [6.45, 7) is 5.46. The van der Waals surface area contributed by atoms with Crippen molar-refractivity contribution in [2.24, 2.45) is 0 Å².